The molecule has 17 heavy (non-hydrogen) atoms. The lowest BCUT2D eigenvalue weighted by atomic mass is 10.0. The number of hydrogen-bond acceptors (Lipinski definition) is 2. The second kappa shape index (κ2) is 7.46. The highest BCUT2D eigenvalue weighted by atomic mass is 16.5. The lowest BCUT2D eigenvalue weighted by Gasteiger charge is -2.20. The predicted octanol–water partition coefficient (Wildman–Crippen LogP) is 3.32. The maximum atomic E-state index is 5.71. The van der Waals surface area contributed by atoms with Gasteiger partial charge in [0.2, 0.25) is 0 Å². The zero-order chi connectivity index (χ0) is 12.7. The highest BCUT2D eigenvalue weighted by Crippen LogP contribution is 2.15. The Morgan fingerprint density at radius 1 is 1.12 bits per heavy atom. The van der Waals surface area contributed by atoms with Crippen molar-refractivity contribution in [2.24, 2.45) is 0 Å². The molecule has 1 rings (SSSR count). The van der Waals surface area contributed by atoms with Crippen LogP contribution in [-0.4, -0.2) is 19.3 Å². The summed E-state index contributed by atoms with van der Waals surface area (Å²) >= 11 is 0. The second-order valence-corrected chi connectivity index (χ2v) is 4.59. The molecule has 2 heteroatoms. The van der Waals surface area contributed by atoms with Crippen molar-refractivity contribution < 1.29 is 4.74 Å². The minimum atomic E-state index is 0.283. The molecule has 0 saturated heterocycles. The van der Waals surface area contributed by atoms with Crippen molar-refractivity contribution in [2.45, 2.75) is 46.3 Å². The molecule has 1 aromatic carbocycles. The monoisotopic (exact) mass is 235 g/mol. The maximum absolute atomic E-state index is 5.71. The number of likely N-dealkylation sites (N-methyl/N-ethyl adjacent to an activating group) is 1. The lowest BCUT2D eigenvalue weighted by Crippen LogP contribution is -2.26. The Labute approximate surface area is 105 Å². The Hall–Kier alpha value is -0.860. The third kappa shape index (κ3) is 4.88. The van der Waals surface area contributed by atoms with Crippen LogP contribution in [0.5, 0.6) is 0 Å². The van der Waals surface area contributed by atoms with Gasteiger partial charge in [-0.2, -0.15) is 0 Å². The lowest BCUT2D eigenvalue weighted by molar-refractivity contribution is 0.0614. The van der Waals surface area contributed by atoms with E-state index in [0.29, 0.717) is 6.04 Å². The minimum absolute atomic E-state index is 0.283. The van der Waals surface area contributed by atoms with Crippen molar-refractivity contribution in [2.75, 3.05) is 13.2 Å². The molecular formula is C15H25NO. The smallest absolute Gasteiger partial charge is 0.0664 e. The van der Waals surface area contributed by atoms with Crippen LogP contribution >= 0.6 is 0 Å². The number of hydrogen-bond donors (Lipinski definition) is 1. The maximum Gasteiger partial charge on any atom is 0.0664 e. The van der Waals surface area contributed by atoms with Crippen molar-refractivity contribution in [3.8, 4) is 0 Å². The fraction of sp³-hybridized carbons (Fsp3) is 0.600. The quantitative estimate of drug-likeness (QED) is 0.782. The molecule has 0 aliphatic heterocycles. The van der Waals surface area contributed by atoms with Crippen molar-refractivity contribution in [3.05, 3.63) is 35.4 Å². The number of rotatable bonds is 7. The van der Waals surface area contributed by atoms with E-state index in [2.05, 4.69) is 57.3 Å². The van der Waals surface area contributed by atoms with Gasteiger partial charge in [-0.05, 0) is 37.9 Å². The van der Waals surface area contributed by atoms with Gasteiger partial charge >= 0.3 is 0 Å². The molecule has 1 aromatic rings. The van der Waals surface area contributed by atoms with Crippen molar-refractivity contribution in [1.29, 1.82) is 0 Å². The van der Waals surface area contributed by atoms with Crippen molar-refractivity contribution in [1.82, 2.24) is 5.32 Å². The Morgan fingerprint density at radius 2 is 1.76 bits per heavy atom. The fourth-order valence-corrected chi connectivity index (χ4v) is 1.79. The summed E-state index contributed by atoms with van der Waals surface area (Å²) in [6, 6.07) is 9.11. The molecule has 0 saturated carbocycles. The first-order chi connectivity index (χ1) is 8.17. The summed E-state index contributed by atoms with van der Waals surface area (Å²) in [5.74, 6) is 0. The summed E-state index contributed by atoms with van der Waals surface area (Å²) < 4.78 is 5.71. The highest BCUT2D eigenvalue weighted by Gasteiger charge is 2.10. The summed E-state index contributed by atoms with van der Waals surface area (Å²) in [6.07, 6.45) is 1.38. The third-order valence-corrected chi connectivity index (χ3v) is 2.84. The van der Waals surface area contributed by atoms with Gasteiger partial charge in [0, 0.05) is 0 Å². The highest BCUT2D eigenvalue weighted by molar-refractivity contribution is 5.25. The molecule has 96 valence electrons. The van der Waals surface area contributed by atoms with Crippen LogP contribution < -0.4 is 5.32 Å². The van der Waals surface area contributed by atoms with E-state index >= 15 is 0 Å². The van der Waals surface area contributed by atoms with E-state index < -0.39 is 0 Å². The molecule has 0 amide bonds. The fourth-order valence-electron chi connectivity index (χ4n) is 1.79. The molecule has 2 nitrogen and oxygen atoms in total. The molecule has 1 atom stereocenters. The normalized spacial score (nSPS) is 13.0. The van der Waals surface area contributed by atoms with Crippen LogP contribution in [-0.2, 0) is 11.2 Å². The van der Waals surface area contributed by atoms with Crippen LogP contribution in [0.2, 0.25) is 0 Å². The Bertz CT molecular complexity index is 305. The molecule has 0 aliphatic carbocycles. The van der Waals surface area contributed by atoms with E-state index in [1.165, 1.54) is 11.1 Å². The first kappa shape index (κ1) is 14.2. The van der Waals surface area contributed by atoms with E-state index in [-0.39, 0.29) is 6.10 Å². The zero-order valence-electron chi connectivity index (χ0n) is 11.5. The Morgan fingerprint density at radius 3 is 2.24 bits per heavy atom. The molecule has 0 aromatic heterocycles. The topological polar surface area (TPSA) is 21.3 Å². The van der Waals surface area contributed by atoms with Gasteiger partial charge in [0.25, 0.3) is 0 Å². The summed E-state index contributed by atoms with van der Waals surface area (Å²) in [4.78, 5) is 0. The van der Waals surface area contributed by atoms with Gasteiger partial charge in [-0.3, -0.25) is 0 Å². The second-order valence-electron chi connectivity index (χ2n) is 4.59. The molecule has 0 heterocycles. The average Bonchev–Trinajstić information content (AvgIpc) is 2.34. The summed E-state index contributed by atoms with van der Waals surface area (Å²) in [7, 11) is 0. The van der Waals surface area contributed by atoms with Crippen LogP contribution in [0.4, 0.5) is 0 Å². The van der Waals surface area contributed by atoms with Crippen LogP contribution in [0.25, 0.3) is 0 Å². The molecular weight excluding hydrogens is 210 g/mol. The molecule has 1 unspecified atom stereocenters. The molecule has 0 radical (unpaired) electrons. The minimum Gasteiger partial charge on any atom is -0.377 e. The van der Waals surface area contributed by atoms with Crippen LogP contribution in [0.1, 0.15) is 44.9 Å². The van der Waals surface area contributed by atoms with Crippen molar-refractivity contribution in [3.63, 3.8) is 0 Å². The summed E-state index contributed by atoms with van der Waals surface area (Å²) in [6.45, 7) is 10.1. The van der Waals surface area contributed by atoms with Gasteiger partial charge in [-0.15, -0.1) is 0 Å². The zero-order valence-corrected chi connectivity index (χ0v) is 11.5. The SMILES string of the molecule is CCNC(COC(C)C)c1ccc(CC)cc1. The molecule has 1 N–H and O–H groups in total. The number of benzene rings is 1. The molecule has 0 fully saturated rings. The van der Waals surface area contributed by atoms with E-state index in [4.69, 9.17) is 4.74 Å². The van der Waals surface area contributed by atoms with Gasteiger partial charge in [0.05, 0.1) is 18.8 Å². The molecule has 0 spiro atoms. The van der Waals surface area contributed by atoms with Crippen LogP contribution in [0.3, 0.4) is 0 Å². The third-order valence-electron chi connectivity index (χ3n) is 2.84. The number of nitrogens with one attached hydrogen (secondary N) is 1. The largest absolute Gasteiger partial charge is 0.377 e. The summed E-state index contributed by atoms with van der Waals surface area (Å²) in [5.41, 5.74) is 2.69. The van der Waals surface area contributed by atoms with E-state index in [1.807, 2.05) is 0 Å². The number of aryl methyl sites for hydroxylation is 1. The van der Waals surface area contributed by atoms with Gasteiger partial charge in [0.15, 0.2) is 0 Å². The average molecular weight is 235 g/mol. The van der Waals surface area contributed by atoms with Gasteiger partial charge in [-0.25, -0.2) is 0 Å². The van der Waals surface area contributed by atoms with E-state index in [9.17, 15) is 0 Å². The van der Waals surface area contributed by atoms with Gasteiger partial charge < -0.3 is 10.1 Å². The Kier molecular flexibility index (Phi) is 6.23. The molecule has 0 aliphatic rings. The van der Waals surface area contributed by atoms with Gasteiger partial charge in [-0.1, -0.05) is 38.1 Å². The van der Waals surface area contributed by atoms with Crippen LogP contribution in [0, 0.1) is 0 Å². The number of ether oxygens (including phenoxy) is 1. The Balaban J connectivity index is 2.67. The van der Waals surface area contributed by atoms with Crippen molar-refractivity contribution >= 4 is 0 Å². The first-order valence-electron chi connectivity index (χ1n) is 6.61. The van der Waals surface area contributed by atoms with E-state index in [1.54, 1.807) is 0 Å². The van der Waals surface area contributed by atoms with Crippen LogP contribution in [0.15, 0.2) is 24.3 Å². The molecule has 0 bridgehead atoms. The standard InChI is InChI=1S/C15H25NO/c1-5-13-7-9-14(10-8-13)15(16-6-2)11-17-12(3)4/h7-10,12,15-16H,5-6,11H2,1-4H3. The van der Waals surface area contributed by atoms with Gasteiger partial charge in [0.1, 0.15) is 0 Å². The van der Waals surface area contributed by atoms with E-state index in [0.717, 1.165) is 19.6 Å². The summed E-state index contributed by atoms with van der Waals surface area (Å²) in [5, 5.41) is 3.47. The first-order valence-corrected chi connectivity index (χ1v) is 6.61. The predicted molar refractivity (Wildman–Crippen MR) is 73.3 cm³/mol.